The molecular formula is C21H27N5O4. The average molecular weight is 413 g/mol. The van der Waals surface area contributed by atoms with E-state index in [4.69, 9.17) is 9.26 Å². The lowest BCUT2D eigenvalue weighted by Crippen LogP contribution is -2.44. The lowest BCUT2D eigenvalue weighted by molar-refractivity contribution is 0.0770. The first kappa shape index (κ1) is 20.3. The molecule has 1 N–H and O–H groups in total. The van der Waals surface area contributed by atoms with Crippen molar-refractivity contribution >= 4 is 11.9 Å². The molecule has 0 saturated carbocycles. The number of fused-ring (bicyclic) bond motifs is 1. The number of benzene rings is 1. The maximum Gasteiger partial charge on any atom is 0.317 e. The van der Waals surface area contributed by atoms with Gasteiger partial charge in [0.05, 0.1) is 5.41 Å². The molecule has 2 saturated heterocycles. The molecule has 2 fully saturated rings. The summed E-state index contributed by atoms with van der Waals surface area (Å²) in [6.45, 7) is 4.90. The Morgan fingerprint density at radius 3 is 2.67 bits per heavy atom. The molecule has 2 aliphatic rings. The Labute approximate surface area is 175 Å². The monoisotopic (exact) mass is 413 g/mol. The number of likely N-dealkylation sites (tertiary alicyclic amines) is 2. The number of aromatic nitrogens is 2. The van der Waals surface area contributed by atoms with Crippen LogP contribution in [-0.2, 0) is 10.2 Å². The third kappa shape index (κ3) is 3.77. The van der Waals surface area contributed by atoms with Gasteiger partial charge in [-0.15, -0.1) is 0 Å². The van der Waals surface area contributed by atoms with Crippen molar-refractivity contribution in [2.75, 3.05) is 46.4 Å². The molecule has 1 aromatic carbocycles. The van der Waals surface area contributed by atoms with Gasteiger partial charge < -0.3 is 24.4 Å². The van der Waals surface area contributed by atoms with Crippen LogP contribution in [0.1, 0.15) is 28.5 Å². The first-order chi connectivity index (χ1) is 14.5. The van der Waals surface area contributed by atoms with Crippen LogP contribution >= 0.6 is 0 Å². The van der Waals surface area contributed by atoms with Crippen molar-refractivity contribution in [3.8, 4) is 0 Å². The van der Waals surface area contributed by atoms with Crippen molar-refractivity contribution in [1.29, 1.82) is 0 Å². The van der Waals surface area contributed by atoms with Crippen molar-refractivity contribution < 1.29 is 18.8 Å². The van der Waals surface area contributed by atoms with Crippen LogP contribution in [0.3, 0.4) is 0 Å². The molecule has 160 valence electrons. The second kappa shape index (κ2) is 8.43. The summed E-state index contributed by atoms with van der Waals surface area (Å²) in [7, 11) is 1.64. The van der Waals surface area contributed by atoms with Gasteiger partial charge in [0.15, 0.2) is 5.82 Å². The van der Waals surface area contributed by atoms with Gasteiger partial charge in [-0.2, -0.15) is 4.98 Å². The Bertz CT molecular complexity index is 902. The molecule has 4 rings (SSSR count). The predicted octanol–water partition coefficient (Wildman–Crippen LogP) is 1.45. The van der Waals surface area contributed by atoms with Gasteiger partial charge in [-0.05, 0) is 25.5 Å². The molecule has 2 aromatic rings. The molecule has 0 radical (unpaired) electrons. The molecule has 0 aliphatic carbocycles. The summed E-state index contributed by atoms with van der Waals surface area (Å²) in [6, 6.07) is 9.13. The Morgan fingerprint density at radius 2 is 1.97 bits per heavy atom. The fourth-order valence-corrected chi connectivity index (χ4v) is 4.46. The number of methoxy groups -OCH3 is 1. The molecular weight excluding hydrogens is 386 g/mol. The number of nitrogens with one attached hydrogen (secondary N) is 1. The van der Waals surface area contributed by atoms with Crippen LogP contribution in [0.25, 0.3) is 0 Å². The topological polar surface area (TPSA) is 101 Å². The number of hydrogen-bond acceptors (Lipinski definition) is 6. The van der Waals surface area contributed by atoms with Crippen LogP contribution in [0, 0.1) is 12.8 Å². The van der Waals surface area contributed by atoms with Crippen molar-refractivity contribution in [2.45, 2.75) is 18.8 Å². The van der Waals surface area contributed by atoms with Crippen LogP contribution < -0.4 is 5.32 Å². The second-order valence-electron chi connectivity index (χ2n) is 8.01. The minimum absolute atomic E-state index is 0.0174. The van der Waals surface area contributed by atoms with Gasteiger partial charge in [-0.25, -0.2) is 4.79 Å². The summed E-state index contributed by atoms with van der Waals surface area (Å²) in [5.41, 5.74) is 0.109. The van der Waals surface area contributed by atoms with Crippen molar-refractivity contribution in [2.24, 2.45) is 5.92 Å². The number of carbonyl (C=O) groups excluding carboxylic acids is 2. The van der Waals surface area contributed by atoms with Gasteiger partial charge in [0.25, 0.3) is 5.91 Å². The van der Waals surface area contributed by atoms with E-state index in [1.165, 1.54) is 0 Å². The predicted molar refractivity (Wildman–Crippen MR) is 108 cm³/mol. The smallest absolute Gasteiger partial charge is 0.317 e. The normalized spacial score (nSPS) is 22.9. The van der Waals surface area contributed by atoms with Crippen molar-refractivity contribution in [3.05, 3.63) is 47.6 Å². The van der Waals surface area contributed by atoms with Gasteiger partial charge in [0.2, 0.25) is 5.89 Å². The highest BCUT2D eigenvalue weighted by molar-refractivity contribution is 5.94. The quantitative estimate of drug-likeness (QED) is 0.720. The molecule has 30 heavy (non-hydrogen) atoms. The third-order valence-electron chi connectivity index (χ3n) is 5.96. The zero-order valence-electron chi connectivity index (χ0n) is 17.3. The second-order valence-corrected chi connectivity index (χ2v) is 8.01. The van der Waals surface area contributed by atoms with Crippen LogP contribution in [0.15, 0.2) is 34.9 Å². The molecule has 0 bridgehead atoms. The van der Waals surface area contributed by atoms with Gasteiger partial charge in [-0.1, -0.05) is 23.4 Å². The maximum atomic E-state index is 13.0. The highest BCUT2D eigenvalue weighted by Gasteiger charge is 2.58. The standard InChI is InChI=1S/C21H27N5O4/c1-15-23-19(30-24-15)21-13-25(18(27)16-7-4-3-5-8-16)11-17(21)12-26(14-21)20(28)22-9-6-10-29-2/h3-5,7-8,17H,6,9-14H2,1-2H3,(H,22,28)/t17-,21-/m1/s1. The molecule has 3 amide bonds. The van der Waals surface area contributed by atoms with E-state index >= 15 is 0 Å². The van der Waals surface area contributed by atoms with Gasteiger partial charge >= 0.3 is 6.03 Å². The van der Waals surface area contributed by atoms with Crippen LogP contribution in [0.2, 0.25) is 0 Å². The van der Waals surface area contributed by atoms with E-state index in [1.54, 1.807) is 18.9 Å². The highest BCUT2D eigenvalue weighted by Crippen LogP contribution is 2.44. The Kier molecular flexibility index (Phi) is 5.72. The van der Waals surface area contributed by atoms with E-state index in [0.717, 1.165) is 6.42 Å². The summed E-state index contributed by atoms with van der Waals surface area (Å²) in [4.78, 5) is 33.8. The van der Waals surface area contributed by atoms with Gasteiger partial charge in [0, 0.05) is 57.9 Å². The fraction of sp³-hybridized carbons (Fsp3) is 0.524. The van der Waals surface area contributed by atoms with E-state index in [9.17, 15) is 9.59 Å². The van der Waals surface area contributed by atoms with E-state index in [0.29, 0.717) is 56.6 Å². The molecule has 2 aliphatic heterocycles. The molecule has 9 heteroatoms. The molecule has 9 nitrogen and oxygen atoms in total. The highest BCUT2D eigenvalue weighted by atomic mass is 16.5. The molecule has 0 spiro atoms. The first-order valence-electron chi connectivity index (χ1n) is 10.2. The number of rotatable bonds is 6. The Hall–Kier alpha value is -2.94. The van der Waals surface area contributed by atoms with E-state index in [-0.39, 0.29) is 17.9 Å². The number of ether oxygens (including phenoxy) is 1. The average Bonchev–Trinajstić information content (AvgIpc) is 3.44. The van der Waals surface area contributed by atoms with E-state index in [1.807, 2.05) is 35.2 Å². The maximum absolute atomic E-state index is 13.0. The minimum atomic E-state index is -0.546. The molecule has 3 heterocycles. The van der Waals surface area contributed by atoms with Crippen molar-refractivity contribution in [3.63, 3.8) is 0 Å². The number of carbonyl (C=O) groups is 2. The number of hydrogen-bond donors (Lipinski definition) is 1. The zero-order chi connectivity index (χ0) is 21.1. The first-order valence-corrected chi connectivity index (χ1v) is 10.2. The van der Waals surface area contributed by atoms with Gasteiger partial charge in [-0.3, -0.25) is 4.79 Å². The minimum Gasteiger partial charge on any atom is -0.385 e. The number of nitrogens with zero attached hydrogens (tertiary/aromatic N) is 4. The van der Waals surface area contributed by atoms with Crippen LogP contribution in [0.5, 0.6) is 0 Å². The van der Waals surface area contributed by atoms with E-state index in [2.05, 4.69) is 15.5 Å². The summed E-state index contributed by atoms with van der Waals surface area (Å²) in [5.74, 6) is 1.07. The Morgan fingerprint density at radius 1 is 1.23 bits per heavy atom. The third-order valence-corrected chi connectivity index (χ3v) is 5.96. The molecule has 2 atom stereocenters. The number of urea groups is 1. The number of amides is 3. The fourth-order valence-electron chi connectivity index (χ4n) is 4.46. The summed E-state index contributed by atoms with van der Waals surface area (Å²) >= 11 is 0. The zero-order valence-corrected chi connectivity index (χ0v) is 17.3. The molecule has 1 aromatic heterocycles. The SMILES string of the molecule is COCCCNC(=O)N1C[C@H]2CN(C(=O)c3ccccc3)C[C@@]2(c2nc(C)no2)C1. The summed E-state index contributed by atoms with van der Waals surface area (Å²) in [5, 5.41) is 6.90. The Balaban J connectivity index is 1.52. The van der Waals surface area contributed by atoms with Crippen molar-refractivity contribution in [1.82, 2.24) is 25.3 Å². The number of aryl methyl sites for hydroxylation is 1. The summed E-state index contributed by atoms with van der Waals surface area (Å²) in [6.07, 6.45) is 0.757. The largest absolute Gasteiger partial charge is 0.385 e. The van der Waals surface area contributed by atoms with Crippen LogP contribution in [-0.4, -0.2) is 78.3 Å². The summed E-state index contributed by atoms with van der Waals surface area (Å²) < 4.78 is 10.6. The lowest BCUT2D eigenvalue weighted by Gasteiger charge is -2.26. The van der Waals surface area contributed by atoms with Gasteiger partial charge in [0.1, 0.15) is 0 Å². The lowest BCUT2D eigenvalue weighted by atomic mass is 9.81. The van der Waals surface area contributed by atoms with E-state index < -0.39 is 5.41 Å². The van der Waals surface area contributed by atoms with Crippen LogP contribution in [0.4, 0.5) is 4.79 Å². The molecule has 0 unspecified atom stereocenters.